The molecule has 0 N–H and O–H groups in total. The second-order valence-corrected chi connectivity index (χ2v) is 5.17. The number of hydrogen-bond acceptors (Lipinski definition) is 3. The van der Waals surface area contributed by atoms with Crippen molar-refractivity contribution in [1.29, 1.82) is 0 Å². The van der Waals surface area contributed by atoms with E-state index in [2.05, 4.69) is 0 Å². The van der Waals surface area contributed by atoms with Crippen LogP contribution in [0.25, 0.3) is 0 Å². The van der Waals surface area contributed by atoms with Crippen molar-refractivity contribution in [2.75, 3.05) is 0 Å². The highest BCUT2D eigenvalue weighted by molar-refractivity contribution is 5.95. The largest absolute Gasteiger partial charge is 0.472 e. The molecule has 0 aromatic carbocycles. The lowest BCUT2D eigenvalue weighted by Crippen LogP contribution is -2.29. The van der Waals surface area contributed by atoms with Crippen LogP contribution in [0.15, 0.2) is 52.4 Å². The topological polar surface area (TPSA) is 47.5 Å². The molecule has 1 aliphatic rings. The molecule has 104 valence electrons. The molecule has 2 heterocycles. The van der Waals surface area contributed by atoms with Crippen molar-refractivity contribution in [1.82, 2.24) is 4.57 Å². The van der Waals surface area contributed by atoms with Crippen molar-refractivity contribution in [3.63, 3.8) is 0 Å². The number of carbonyl (C=O) groups is 1. The van der Waals surface area contributed by atoms with Crippen LogP contribution in [0.2, 0.25) is 0 Å². The Bertz CT molecular complexity index is 635. The highest BCUT2D eigenvalue weighted by Crippen LogP contribution is 2.19. The summed E-state index contributed by atoms with van der Waals surface area (Å²) in [6.45, 7) is 0. The molecule has 2 aromatic rings. The van der Waals surface area contributed by atoms with Crippen LogP contribution in [0, 0.1) is 0 Å². The molecule has 1 fully saturated rings. The molecular weight excluding hydrogens is 252 g/mol. The summed E-state index contributed by atoms with van der Waals surface area (Å²) >= 11 is 0. The molecule has 4 nitrogen and oxygen atoms in total. The minimum Gasteiger partial charge on any atom is -0.472 e. The number of furan rings is 1. The van der Waals surface area contributed by atoms with Crippen molar-refractivity contribution in [3.8, 4) is 0 Å². The molecule has 0 amide bonds. The van der Waals surface area contributed by atoms with Crippen LogP contribution >= 0.6 is 0 Å². The van der Waals surface area contributed by atoms with Crippen molar-refractivity contribution in [3.05, 3.63) is 54.0 Å². The summed E-state index contributed by atoms with van der Waals surface area (Å²) in [4.78, 5) is 17.2. The van der Waals surface area contributed by atoms with Crippen molar-refractivity contribution >= 4 is 5.91 Å². The maximum atomic E-state index is 12.4. The van der Waals surface area contributed by atoms with Gasteiger partial charge in [-0.15, -0.1) is 0 Å². The van der Waals surface area contributed by atoms with Gasteiger partial charge in [0.1, 0.15) is 11.8 Å². The molecule has 1 saturated carbocycles. The van der Waals surface area contributed by atoms with Gasteiger partial charge in [0.05, 0.1) is 17.9 Å². The van der Waals surface area contributed by atoms with Gasteiger partial charge in [-0.2, -0.15) is 0 Å². The van der Waals surface area contributed by atoms with Crippen LogP contribution < -0.4 is 5.49 Å². The molecule has 0 unspecified atom stereocenters. The molecule has 0 saturated heterocycles. The lowest BCUT2D eigenvalue weighted by Gasteiger charge is -2.17. The van der Waals surface area contributed by atoms with Crippen molar-refractivity contribution in [2.45, 2.75) is 38.1 Å². The van der Waals surface area contributed by atoms with E-state index in [1.807, 2.05) is 18.2 Å². The van der Waals surface area contributed by atoms with E-state index in [0.717, 1.165) is 18.3 Å². The normalized spacial score (nSPS) is 17.3. The predicted molar refractivity (Wildman–Crippen MR) is 75.3 cm³/mol. The van der Waals surface area contributed by atoms with Crippen LogP contribution in [0.1, 0.15) is 42.5 Å². The van der Waals surface area contributed by atoms with Crippen LogP contribution in [0.3, 0.4) is 0 Å². The van der Waals surface area contributed by atoms with Gasteiger partial charge in [0, 0.05) is 6.20 Å². The van der Waals surface area contributed by atoms with Crippen LogP contribution in [-0.4, -0.2) is 16.5 Å². The quantitative estimate of drug-likeness (QED) is 0.842. The lowest BCUT2D eigenvalue weighted by atomic mass is 9.96. The molecule has 20 heavy (non-hydrogen) atoms. The molecule has 1 aliphatic carbocycles. The second-order valence-electron chi connectivity index (χ2n) is 5.17. The average Bonchev–Trinajstić information content (AvgIpc) is 3.02. The molecule has 4 heteroatoms. The Kier molecular flexibility index (Phi) is 3.81. The predicted octanol–water partition coefficient (Wildman–Crippen LogP) is 3.00. The summed E-state index contributed by atoms with van der Waals surface area (Å²) in [7, 11) is 0. The second kappa shape index (κ2) is 5.90. The van der Waals surface area contributed by atoms with Gasteiger partial charge in [-0.25, -0.2) is 0 Å². The molecule has 0 atom stereocenters. The zero-order valence-electron chi connectivity index (χ0n) is 11.4. The fourth-order valence-corrected chi connectivity index (χ4v) is 2.63. The average molecular weight is 270 g/mol. The molecular formula is C16H18N2O2. The van der Waals surface area contributed by atoms with E-state index in [1.165, 1.54) is 31.8 Å². The Labute approximate surface area is 117 Å². The SMILES string of the molecule is O=C(c1ccoc1)n1ccccc1=NC1CCCCC1. The smallest absolute Gasteiger partial charge is 0.266 e. The van der Waals surface area contributed by atoms with Gasteiger partial charge >= 0.3 is 0 Å². The molecule has 3 rings (SSSR count). The van der Waals surface area contributed by atoms with Gasteiger partial charge in [0.15, 0.2) is 0 Å². The number of aromatic nitrogens is 1. The van der Waals surface area contributed by atoms with Gasteiger partial charge in [-0.1, -0.05) is 25.3 Å². The first-order chi connectivity index (χ1) is 9.84. The Morgan fingerprint density at radius 1 is 1.20 bits per heavy atom. The van der Waals surface area contributed by atoms with E-state index in [-0.39, 0.29) is 5.91 Å². The Morgan fingerprint density at radius 2 is 2.05 bits per heavy atom. The molecule has 0 bridgehead atoms. The number of rotatable bonds is 2. The number of hydrogen-bond donors (Lipinski definition) is 0. The van der Waals surface area contributed by atoms with Gasteiger partial charge in [0.2, 0.25) is 0 Å². The first-order valence-corrected chi connectivity index (χ1v) is 7.13. The van der Waals surface area contributed by atoms with E-state index >= 15 is 0 Å². The molecule has 0 radical (unpaired) electrons. The van der Waals surface area contributed by atoms with Gasteiger partial charge in [-0.05, 0) is 31.0 Å². The highest BCUT2D eigenvalue weighted by Gasteiger charge is 2.13. The van der Waals surface area contributed by atoms with E-state index in [4.69, 9.17) is 9.41 Å². The maximum Gasteiger partial charge on any atom is 0.266 e. The number of pyridine rings is 1. The number of nitrogens with zero attached hydrogens (tertiary/aromatic N) is 2. The zero-order valence-corrected chi connectivity index (χ0v) is 11.4. The van der Waals surface area contributed by atoms with Gasteiger partial charge < -0.3 is 4.42 Å². The zero-order chi connectivity index (χ0) is 13.8. The van der Waals surface area contributed by atoms with Gasteiger partial charge in [0.25, 0.3) is 5.91 Å². The van der Waals surface area contributed by atoms with E-state index < -0.39 is 0 Å². The minimum atomic E-state index is -0.103. The first kappa shape index (κ1) is 12.9. The summed E-state index contributed by atoms with van der Waals surface area (Å²) in [6.07, 6.45) is 10.7. The highest BCUT2D eigenvalue weighted by atomic mass is 16.3. The van der Waals surface area contributed by atoms with Crippen LogP contribution in [0.4, 0.5) is 0 Å². The van der Waals surface area contributed by atoms with Crippen molar-refractivity contribution < 1.29 is 9.21 Å². The Hall–Kier alpha value is -2.10. The minimum absolute atomic E-state index is 0.103. The van der Waals surface area contributed by atoms with Crippen molar-refractivity contribution in [2.24, 2.45) is 4.99 Å². The van der Waals surface area contributed by atoms with E-state index in [0.29, 0.717) is 11.6 Å². The summed E-state index contributed by atoms with van der Waals surface area (Å²) in [5, 5.41) is 0. The third kappa shape index (κ3) is 2.74. The Balaban J connectivity index is 1.95. The van der Waals surface area contributed by atoms with E-state index in [9.17, 15) is 4.79 Å². The van der Waals surface area contributed by atoms with Crippen LogP contribution in [-0.2, 0) is 0 Å². The third-order valence-corrected chi connectivity index (χ3v) is 3.71. The van der Waals surface area contributed by atoms with Gasteiger partial charge in [-0.3, -0.25) is 14.4 Å². The lowest BCUT2D eigenvalue weighted by molar-refractivity contribution is 0.0953. The summed E-state index contributed by atoms with van der Waals surface area (Å²) in [5.41, 5.74) is 1.27. The van der Waals surface area contributed by atoms with Crippen LogP contribution in [0.5, 0.6) is 0 Å². The molecule has 0 aliphatic heterocycles. The molecule has 2 aromatic heterocycles. The maximum absolute atomic E-state index is 12.4. The third-order valence-electron chi connectivity index (χ3n) is 3.71. The Morgan fingerprint density at radius 3 is 2.80 bits per heavy atom. The summed E-state index contributed by atoms with van der Waals surface area (Å²) in [5.74, 6) is -0.103. The fraction of sp³-hybridized carbons (Fsp3) is 0.375. The summed E-state index contributed by atoms with van der Waals surface area (Å²) < 4.78 is 6.58. The fourth-order valence-electron chi connectivity index (χ4n) is 2.63. The molecule has 0 spiro atoms. The summed E-state index contributed by atoms with van der Waals surface area (Å²) in [6, 6.07) is 7.67. The standard InChI is InChI=1S/C16H18N2O2/c19-16(13-9-11-20-12-13)18-10-5-4-8-15(18)17-14-6-2-1-3-7-14/h4-5,8-12,14H,1-3,6-7H2. The number of carbonyl (C=O) groups excluding carboxylic acids is 1. The van der Waals surface area contributed by atoms with E-state index in [1.54, 1.807) is 16.8 Å². The monoisotopic (exact) mass is 270 g/mol. The first-order valence-electron chi connectivity index (χ1n) is 7.13.